The third-order valence-electron chi connectivity index (χ3n) is 5.74. The van der Waals surface area contributed by atoms with E-state index >= 15 is 0 Å². The van der Waals surface area contributed by atoms with Gasteiger partial charge in [0.25, 0.3) is 0 Å². The Kier molecular flexibility index (Phi) is 4.88. The Hall–Kier alpha value is -3.32. The SMILES string of the molecule is Cn1cc(-c2cccc(-c3ncc(-c4cnn(C5CCC[C@@H](O)C5)c4)cn3)c2)cn1. The molecule has 7 nitrogen and oxygen atoms in total. The molecule has 0 amide bonds. The number of hydrogen-bond acceptors (Lipinski definition) is 5. The van der Waals surface area contributed by atoms with Crippen molar-refractivity contribution in [2.75, 3.05) is 0 Å². The van der Waals surface area contributed by atoms with E-state index in [1.54, 1.807) is 4.68 Å². The molecule has 3 heterocycles. The summed E-state index contributed by atoms with van der Waals surface area (Å²) in [6.07, 6.45) is 14.9. The first-order valence-electron chi connectivity index (χ1n) is 10.3. The molecule has 1 aliphatic rings. The zero-order chi connectivity index (χ0) is 20.5. The molecule has 1 aliphatic carbocycles. The van der Waals surface area contributed by atoms with Crippen LogP contribution in [0, 0.1) is 0 Å². The van der Waals surface area contributed by atoms with E-state index in [-0.39, 0.29) is 12.1 Å². The van der Waals surface area contributed by atoms with Crippen molar-refractivity contribution in [3.63, 3.8) is 0 Å². The molecular weight excluding hydrogens is 376 g/mol. The number of aliphatic hydroxyl groups excluding tert-OH is 1. The molecule has 4 aromatic rings. The van der Waals surface area contributed by atoms with Crippen LogP contribution in [0.4, 0.5) is 0 Å². The number of benzene rings is 1. The summed E-state index contributed by atoms with van der Waals surface area (Å²) in [6.45, 7) is 0. The van der Waals surface area contributed by atoms with Crippen LogP contribution in [0.3, 0.4) is 0 Å². The second-order valence-electron chi connectivity index (χ2n) is 7.96. The van der Waals surface area contributed by atoms with E-state index in [2.05, 4.69) is 32.3 Å². The standard InChI is InChI=1S/C23H24N6O/c1-28-14-19(12-26-28)16-4-2-5-17(8-16)23-24-10-18(11-25-23)20-13-27-29(15-20)21-6-3-7-22(30)9-21/h2,4-5,8,10-15,21-22,30H,3,6-7,9H2,1H3/t21?,22-/m1/s1. The molecule has 0 saturated heterocycles. The Balaban J connectivity index is 1.36. The largest absolute Gasteiger partial charge is 0.393 e. The van der Waals surface area contributed by atoms with Gasteiger partial charge in [-0.15, -0.1) is 0 Å². The number of nitrogens with zero attached hydrogens (tertiary/aromatic N) is 6. The Morgan fingerprint density at radius 3 is 2.40 bits per heavy atom. The van der Waals surface area contributed by atoms with Crippen molar-refractivity contribution in [1.82, 2.24) is 29.5 Å². The molecule has 1 unspecified atom stereocenters. The monoisotopic (exact) mass is 400 g/mol. The number of hydrogen-bond donors (Lipinski definition) is 1. The molecule has 1 N–H and O–H groups in total. The van der Waals surface area contributed by atoms with Gasteiger partial charge in [-0.3, -0.25) is 9.36 Å². The molecule has 0 spiro atoms. The van der Waals surface area contributed by atoms with Crippen LogP contribution in [0.25, 0.3) is 33.6 Å². The molecule has 152 valence electrons. The molecule has 1 saturated carbocycles. The Labute approximate surface area is 175 Å². The number of aromatic nitrogens is 6. The second-order valence-corrected chi connectivity index (χ2v) is 7.96. The lowest BCUT2D eigenvalue weighted by Gasteiger charge is -2.25. The van der Waals surface area contributed by atoms with Crippen LogP contribution in [0.1, 0.15) is 31.7 Å². The molecular formula is C23H24N6O. The van der Waals surface area contributed by atoms with Crippen molar-refractivity contribution < 1.29 is 5.11 Å². The molecule has 0 bridgehead atoms. The molecule has 30 heavy (non-hydrogen) atoms. The minimum Gasteiger partial charge on any atom is -0.393 e. The van der Waals surface area contributed by atoms with Gasteiger partial charge in [0.15, 0.2) is 5.82 Å². The van der Waals surface area contributed by atoms with Crippen LogP contribution in [0.15, 0.2) is 61.4 Å². The van der Waals surface area contributed by atoms with Gasteiger partial charge < -0.3 is 5.11 Å². The van der Waals surface area contributed by atoms with Gasteiger partial charge >= 0.3 is 0 Å². The Bertz CT molecular complexity index is 1150. The van der Waals surface area contributed by atoms with Crippen molar-refractivity contribution >= 4 is 0 Å². The highest BCUT2D eigenvalue weighted by molar-refractivity contribution is 5.70. The molecule has 5 rings (SSSR count). The third-order valence-corrected chi connectivity index (χ3v) is 5.74. The van der Waals surface area contributed by atoms with Gasteiger partial charge in [0, 0.05) is 54.1 Å². The van der Waals surface area contributed by atoms with E-state index in [1.165, 1.54) is 0 Å². The summed E-state index contributed by atoms with van der Waals surface area (Å²) in [6, 6.07) is 8.43. The first kappa shape index (κ1) is 18.7. The summed E-state index contributed by atoms with van der Waals surface area (Å²) >= 11 is 0. The fourth-order valence-corrected chi connectivity index (χ4v) is 4.10. The van der Waals surface area contributed by atoms with Crippen LogP contribution >= 0.6 is 0 Å². The molecule has 7 heteroatoms. The molecule has 3 aromatic heterocycles. The average molecular weight is 400 g/mol. The number of aryl methyl sites for hydroxylation is 1. The van der Waals surface area contributed by atoms with Crippen LogP contribution in [0.2, 0.25) is 0 Å². The van der Waals surface area contributed by atoms with Crippen LogP contribution in [-0.4, -0.2) is 40.7 Å². The van der Waals surface area contributed by atoms with Gasteiger partial charge in [-0.25, -0.2) is 9.97 Å². The van der Waals surface area contributed by atoms with Crippen molar-refractivity contribution in [3.8, 4) is 33.6 Å². The maximum atomic E-state index is 9.93. The predicted octanol–water partition coefficient (Wildman–Crippen LogP) is 3.88. The van der Waals surface area contributed by atoms with Gasteiger partial charge in [0.05, 0.1) is 24.5 Å². The highest BCUT2D eigenvalue weighted by atomic mass is 16.3. The summed E-state index contributed by atoms with van der Waals surface area (Å²) in [5, 5.41) is 18.7. The third kappa shape index (κ3) is 3.76. The van der Waals surface area contributed by atoms with Crippen molar-refractivity contribution in [2.45, 2.75) is 37.8 Å². The van der Waals surface area contributed by atoms with Gasteiger partial charge in [0.2, 0.25) is 0 Å². The molecule has 1 fully saturated rings. The topological polar surface area (TPSA) is 81.7 Å². The molecule has 0 radical (unpaired) electrons. The van der Waals surface area contributed by atoms with Crippen LogP contribution in [-0.2, 0) is 7.05 Å². The summed E-state index contributed by atoms with van der Waals surface area (Å²) < 4.78 is 3.77. The summed E-state index contributed by atoms with van der Waals surface area (Å²) in [7, 11) is 1.91. The lowest BCUT2D eigenvalue weighted by molar-refractivity contribution is 0.100. The van der Waals surface area contributed by atoms with Crippen LogP contribution < -0.4 is 0 Å². The smallest absolute Gasteiger partial charge is 0.159 e. The average Bonchev–Trinajstić information content (AvgIpc) is 3.44. The molecule has 0 aliphatic heterocycles. The van der Waals surface area contributed by atoms with Crippen molar-refractivity contribution in [3.05, 3.63) is 61.4 Å². The lowest BCUT2D eigenvalue weighted by atomic mass is 9.93. The summed E-state index contributed by atoms with van der Waals surface area (Å²) in [5.41, 5.74) is 5.05. The molecule has 1 aromatic carbocycles. The van der Waals surface area contributed by atoms with Gasteiger partial charge in [-0.2, -0.15) is 10.2 Å². The van der Waals surface area contributed by atoms with Crippen molar-refractivity contribution in [2.24, 2.45) is 7.05 Å². The second kappa shape index (κ2) is 7.84. The fourth-order valence-electron chi connectivity index (χ4n) is 4.10. The lowest BCUT2D eigenvalue weighted by Crippen LogP contribution is -2.22. The quantitative estimate of drug-likeness (QED) is 0.562. The zero-order valence-corrected chi connectivity index (χ0v) is 16.9. The van der Waals surface area contributed by atoms with Gasteiger partial charge in [-0.1, -0.05) is 18.2 Å². The summed E-state index contributed by atoms with van der Waals surface area (Å²) in [5.74, 6) is 0.687. The Morgan fingerprint density at radius 2 is 1.63 bits per heavy atom. The molecule has 2 atom stereocenters. The first-order valence-corrected chi connectivity index (χ1v) is 10.3. The van der Waals surface area contributed by atoms with Crippen LogP contribution in [0.5, 0.6) is 0 Å². The fraction of sp³-hybridized carbons (Fsp3) is 0.304. The highest BCUT2D eigenvalue weighted by Crippen LogP contribution is 2.30. The van der Waals surface area contributed by atoms with Crippen molar-refractivity contribution in [1.29, 1.82) is 0 Å². The maximum Gasteiger partial charge on any atom is 0.159 e. The van der Waals surface area contributed by atoms with E-state index < -0.39 is 0 Å². The Morgan fingerprint density at radius 1 is 0.867 bits per heavy atom. The van der Waals surface area contributed by atoms with Gasteiger partial charge in [0.1, 0.15) is 0 Å². The predicted molar refractivity (Wildman–Crippen MR) is 114 cm³/mol. The minimum absolute atomic E-state index is 0.221. The number of rotatable bonds is 4. The van der Waals surface area contributed by atoms with E-state index in [0.29, 0.717) is 5.82 Å². The normalized spacial score (nSPS) is 19.1. The highest BCUT2D eigenvalue weighted by Gasteiger charge is 2.22. The maximum absolute atomic E-state index is 9.93. The summed E-state index contributed by atoms with van der Waals surface area (Å²) in [4.78, 5) is 9.18. The minimum atomic E-state index is -0.221. The zero-order valence-electron chi connectivity index (χ0n) is 16.9. The van der Waals surface area contributed by atoms with E-state index in [9.17, 15) is 5.11 Å². The van der Waals surface area contributed by atoms with E-state index in [4.69, 9.17) is 0 Å². The number of aliphatic hydroxyl groups is 1. The van der Waals surface area contributed by atoms with E-state index in [0.717, 1.165) is 53.5 Å². The van der Waals surface area contributed by atoms with Gasteiger partial charge in [-0.05, 0) is 37.3 Å². The van der Waals surface area contributed by atoms with E-state index in [1.807, 2.05) is 61.0 Å². The first-order chi connectivity index (χ1) is 14.7.